The first kappa shape index (κ1) is 22.8. The zero-order valence-corrected chi connectivity index (χ0v) is 17.4. The van der Waals surface area contributed by atoms with E-state index in [-0.39, 0.29) is 32.4 Å². The molecule has 2 rings (SSSR count). The highest BCUT2D eigenvalue weighted by Crippen LogP contribution is 2.18. The van der Waals surface area contributed by atoms with Crippen LogP contribution in [0.25, 0.3) is 0 Å². The second-order valence-corrected chi connectivity index (χ2v) is 7.55. The quantitative estimate of drug-likeness (QED) is 0.619. The van der Waals surface area contributed by atoms with Crippen LogP contribution in [0.4, 0.5) is 4.79 Å². The first-order chi connectivity index (χ1) is 14.3. The first-order valence-electron chi connectivity index (χ1n) is 9.60. The van der Waals surface area contributed by atoms with E-state index >= 15 is 0 Å². The second kappa shape index (κ2) is 10.9. The highest BCUT2D eigenvalue weighted by molar-refractivity contribution is 5.70. The summed E-state index contributed by atoms with van der Waals surface area (Å²) >= 11 is 0. The first-order valence-corrected chi connectivity index (χ1v) is 9.60. The number of hydrogen-bond acceptors (Lipinski definition) is 8. The number of tetrazole rings is 1. The molecule has 0 unspecified atom stereocenters. The lowest BCUT2D eigenvalue weighted by Gasteiger charge is -2.23. The number of amides is 1. The van der Waals surface area contributed by atoms with Crippen LogP contribution >= 0.6 is 0 Å². The Labute approximate surface area is 175 Å². The number of aryl methyl sites for hydroxylation is 1. The highest BCUT2D eigenvalue weighted by atomic mass is 16.6. The molecule has 0 aliphatic rings. The Morgan fingerprint density at radius 3 is 2.67 bits per heavy atom. The molecule has 0 spiro atoms. The van der Waals surface area contributed by atoms with Gasteiger partial charge in [-0.15, -0.1) is 5.10 Å². The van der Waals surface area contributed by atoms with Crippen molar-refractivity contribution in [3.05, 3.63) is 41.7 Å². The molecule has 1 heterocycles. The Morgan fingerprint density at radius 1 is 1.27 bits per heavy atom. The van der Waals surface area contributed by atoms with Crippen LogP contribution in [0.3, 0.4) is 0 Å². The summed E-state index contributed by atoms with van der Waals surface area (Å²) in [6, 6.07) is 10.7. The summed E-state index contributed by atoms with van der Waals surface area (Å²) in [5, 5.41) is 23.0. The molecular weight excluding hydrogens is 388 g/mol. The molecule has 0 aliphatic carbocycles. The van der Waals surface area contributed by atoms with Crippen LogP contribution in [0.1, 0.15) is 57.5 Å². The molecule has 0 bridgehead atoms. The minimum atomic E-state index is -0.685. The van der Waals surface area contributed by atoms with Crippen molar-refractivity contribution in [3.8, 4) is 6.07 Å². The third-order valence-electron chi connectivity index (χ3n) is 3.88. The van der Waals surface area contributed by atoms with Gasteiger partial charge in [0.05, 0.1) is 25.1 Å². The van der Waals surface area contributed by atoms with Crippen molar-refractivity contribution in [3.63, 3.8) is 0 Å². The Kier molecular flexibility index (Phi) is 8.29. The average Bonchev–Trinajstić information content (AvgIpc) is 3.15. The number of hydrogen-bond donors (Lipinski definition) is 1. The van der Waals surface area contributed by atoms with Gasteiger partial charge in [0, 0.05) is 6.42 Å². The lowest BCUT2D eigenvalue weighted by Crippen LogP contribution is -2.36. The number of nitrogens with one attached hydrogen (secondary N) is 1. The van der Waals surface area contributed by atoms with E-state index in [4.69, 9.17) is 14.7 Å². The SMILES string of the molecule is CC(C)(C)OC(=O)N[C@@H](CCC(=O)OCc1ccccc1)c1nnnn1CCC#N. The van der Waals surface area contributed by atoms with Gasteiger partial charge in [0.2, 0.25) is 0 Å². The number of aromatic nitrogens is 4. The number of esters is 1. The average molecular weight is 414 g/mol. The summed E-state index contributed by atoms with van der Waals surface area (Å²) in [4.78, 5) is 24.5. The fourth-order valence-electron chi connectivity index (χ4n) is 2.56. The second-order valence-electron chi connectivity index (χ2n) is 7.55. The molecule has 0 radical (unpaired) electrons. The van der Waals surface area contributed by atoms with Crippen molar-refractivity contribution in [1.29, 1.82) is 5.26 Å². The Morgan fingerprint density at radius 2 is 2.00 bits per heavy atom. The maximum atomic E-state index is 12.3. The molecule has 0 aliphatic heterocycles. The molecule has 30 heavy (non-hydrogen) atoms. The van der Waals surface area contributed by atoms with Crippen LogP contribution in [-0.2, 0) is 27.4 Å². The molecule has 1 N–H and O–H groups in total. The lowest BCUT2D eigenvalue weighted by atomic mass is 10.1. The van der Waals surface area contributed by atoms with Gasteiger partial charge in [-0.25, -0.2) is 9.48 Å². The molecule has 1 aromatic carbocycles. The molecule has 0 fully saturated rings. The number of ether oxygens (including phenoxy) is 2. The van der Waals surface area contributed by atoms with Gasteiger partial charge in [-0.3, -0.25) is 4.79 Å². The van der Waals surface area contributed by atoms with E-state index in [1.165, 1.54) is 4.68 Å². The van der Waals surface area contributed by atoms with Gasteiger partial charge in [-0.05, 0) is 43.2 Å². The molecule has 10 heteroatoms. The predicted octanol–water partition coefficient (Wildman–Crippen LogP) is 2.68. The van der Waals surface area contributed by atoms with E-state index < -0.39 is 23.7 Å². The predicted molar refractivity (Wildman–Crippen MR) is 106 cm³/mol. The molecule has 1 amide bonds. The standard InChI is InChI=1S/C20H26N6O4/c1-20(2,3)30-19(28)22-16(18-23-24-25-26(18)13-7-12-21)10-11-17(27)29-14-15-8-5-4-6-9-15/h4-6,8-9,16H,7,10-11,13-14H2,1-3H3,(H,22,28)/t16-/m0/s1. The Balaban J connectivity index is 2.02. The molecule has 10 nitrogen and oxygen atoms in total. The van der Waals surface area contributed by atoms with E-state index in [2.05, 4.69) is 20.8 Å². The number of alkyl carbamates (subject to hydrolysis) is 1. The number of nitriles is 1. The number of carbonyl (C=O) groups excluding carboxylic acids is 2. The number of nitrogens with zero attached hydrogens (tertiary/aromatic N) is 5. The van der Waals surface area contributed by atoms with Crippen molar-refractivity contribution in [1.82, 2.24) is 25.5 Å². The maximum Gasteiger partial charge on any atom is 0.408 e. The molecule has 2 aromatic rings. The van der Waals surface area contributed by atoms with Crippen molar-refractivity contribution >= 4 is 12.1 Å². The molecule has 0 saturated heterocycles. The summed E-state index contributed by atoms with van der Waals surface area (Å²) in [7, 11) is 0. The van der Waals surface area contributed by atoms with Gasteiger partial charge in [0.15, 0.2) is 5.82 Å². The summed E-state index contributed by atoms with van der Waals surface area (Å²) in [5.74, 6) is -0.0714. The van der Waals surface area contributed by atoms with Crippen molar-refractivity contribution in [2.75, 3.05) is 0 Å². The zero-order chi connectivity index (χ0) is 22.0. The van der Waals surface area contributed by atoms with Gasteiger partial charge in [-0.1, -0.05) is 30.3 Å². The third kappa shape index (κ3) is 7.87. The van der Waals surface area contributed by atoms with Gasteiger partial charge >= 0.3 is 12.1 Å². The molecular formula is C20H26N6O4. The van der Waals surface area contributed by atoms with Crippen LogP contribution in [0.2, 0.25) is 0 Å². The summed E-state index contributed by atoms with van der Waals surface area (Å²) in [6.45, 7) is 5.69. The minimum Gasteiger partial charge on any atom is -0.461 e. The smallest absolute Gasteiger partial charge is 0.408 e. The normalized spacial score (nSPS) is 11.9. The van der Waals surface area contributed by atoms with E-state index in [0.717, 1.165) is 5.56 Å². The summed E-state index contributed by atoms with van der Waals surface area (Å²) < 4.78 is 12.0. The molecule has 160 valence electrons. The van der Waals surface area contributed by atoms with E-state index in [9.17, 15) is 9.59 Å². The van der Waals surface area contributed by atoms with Gasteiger partial charge in [-0.2, -0.15) is 5.26 Å². The zero-order valence-electron chi connectivity index (χ0n) is 17.4. The number of carbonyl (C=O) groups is 2. The van der Waals surface area contributed by atoms with E-state index in [0.29, 0.717) is 5.82 Å². The molecule has 1 atom stereocenters. The fourth-order valence-corrected chi connectivity index (χ4v) is 2.56. The van der Waals surface area contributed by atoms with E-state index in [1.54, 1.807) is 20.8 Å². The van der Waals surface area contributed by atoms with E-state index in [1.807, 2.05) is 36.4 Å². The number of benzene rings is 1. The number of rotatable bonds is 9. The van der Waals surface area contributed by atoms with Gasteiger partial charge < -0.3 is 14.8 Å². The molecule has 1 aromatic heterocycles. The van der Waals surface area contributed by atoms with Crippen molar-refractivity contribution < 1.29 is 19.1 Å². The maximum absolute atomic E-state index is 12.3. The van der Waals surface area contributed by atoms with Gasteiger partial charge in [0.1, 0.15) is 12.2 Å². The van der Waals surface area contributed by atoms with Crippen LogP contribution in [-0.4, -0.2) is 37.9 Å². The van der Waals surface area contributed by atoms with Crippen molar-refractivity contribution in [2.24, 2.45) is 0 Å². The fraction of sp³-hybridized carbons (Fsp3) is 0.500. The van der Waals surface area contributed by atoms with Crippen LogP contribution in [0.5, 0.6) is 0 Å². The molecule has 0 saturated carbocycles. The van der Waals surface area contributed by atoms with Crippen LogP contribution in [0, 0.1) is 11.3 Å². The van der Waals surface area contributed by atoms with Crippen molar-refractivity contribution in [2.45, 2.75) is 64.8 Å². The third-order valence-corrected chi connectivity index (χ3v) is 3.88. The minimum absolute atomic E-state index is 0.0401. The topological polar surface area (TPSA) is 132 Å². The summed E-state index contributed by atoms with van der Waals surface area (Å²) in [6.07, 6.45) is -0.200. The van der Waals surface area contributed by atoms with Gasteiger partial charge in [0.25, 0.3) is 0 Å². The highest BCUT2D eigenvalue weighted by Gasteiger charge is 2.25. The Bertz CT molecular complexity index is 869. The summed E-state index contributed by atoms with van der Waals surface area (Å²) in [5.41, 5.74) is 0.199. The van der Waals surface area contributed by atoms with Crippen LogP contribution < -0.4 is 5.32 Å². The monoisotopic (exact) mass is 414 g/mol. The Hall–Kier alpha value is -3.48. The van der Waals surface area contributed by atoms with Crippen LogP contribution in [0.15, 0.2) is 30.3 Å². The lowest BCUT2D eigenvalue weighted by molar-refractivity contribution is -0.145. The largest absolute Gasteiger partial charge is 0.461 e.